The first-order valence-electron chi connectivity index (χ1n) is 6.49. The Kier molecular flexibility index (Phi) is 5.20. The molecule has 1 aromatic heterocycles. The van der Waals surface area contributed by atoms with E-state index in [0.717, 1.165) is 26.2 Å². The summed E-state index contributed by atoms with van der Waals surface area (Å²) in [5.41, 5.74) is 7.29. The third kappa shape index (κ3) is 3.46. The van der Waals surface area contributed by atoms with Gasteiger partial charge in [0.15, 0.2) is 0 Å². The highest BCUT2D eigenvalue weighted by molar-refractivity contribution is 5.85. The van der Waals surface area contributed by atoms with Crippen molar-refractivity contribution in [1.29, 1.82) is 0 Å². The second kappa shape index (κ2) is 6.04. The molecule has 1 fully saturated rings. The van der Waals surface area contributed by atoms with E-state index in [9.17, 15) is 0 Å². The van der Waals surface area contributed by atoms with Crippen LogP contribution in [0.5, 0.6) is 0 Å². The summed E-state index contributed by atoms with van der Waals surface area (Å²) < 4.78 is 2.02. The Labute approximate surface area is 116 Å². The summed E-state index contributed by atoms with van der Waals surface area (Å²) >= 11 is 0. The molecule has 2 rings (SSSR count). The standard InChI is InChI=1S/C13H24N4.ClH/c1-11(2)17-6-4-12(15-17)8-16-7-5-13(3,9-14)10-16;/h4,6,11H,5,7-10,14H2,1-3H3;1H. The molecule has 18 heavy (non-hydrogen) atoms. The SMILES string of the molecule is CC(C)n1ccc(CN2CCC(C)(CN)C2)n1.Cl. The third-order valence-corrected chi connectivity index (χ3v) is 3.71. The van der Waals surface area contributed by atoms with E-state index in [1.165, 1.54) is 12.1 Å². The predicted octanol–water partition coefficient (Wildman–Crippen LogP) is 2.06. The average molecular weight is 273 g/mol. The number of hydrogen-bond acceptors (Lipinski definition) is 3. The van der Waals surface area contributed by atoms with Crippen LogP contribution in [0.25, 0.3) is 0 Å². The van der Waals surface area contributed by atoms with Crippen molar-refractivity contribution in [2.24, 2.45) is 11.1 Å². The molecule has 0 aromatic carbocycles. The molecule has 2 heterocycles. The Bertz CT molecular complexity index is 377. The van der Waals surface area contributed by atoms with Crippen molar-refractivity contribution in [2.75, 3.05) is 19.6 Å². The van der Waals surface area contributed by atoms with Crippen molar-refractivity contribution in [3.63, 3.8) is 0 Å². The topological polar surface area (TPSA) is 47.1 Å². The lowest BCUT2D eigenvalue weighted by molar-refractivity contribution is 0.271. The van der Waals surface area contributed by atoms with Crippen LogP contribution in [0.1, 0.15) is 38.9 Å². The highest BCUT2D eigenvalue weighted by Gasteiger charge is 2.32. The normalized spacial score (nSPS) is 24.5. The average Bonchev–Trinajstić information content (AvgIpc) is 2.87. The molecule has 0 spiro atoms. The van der Waals surface area contributed by atoms with Crippen LogP contribution in [-0.4, -0.2) is 34.3 Å². The first-order chi connectivity index (χ1) is 8.02. The summed E-state index contributed by atoms with van der Waals surface area (Å²) in [6.45, 7) is 10.6. The minimum absolute atomic E-state index is 0. The molecule has 4 nitrogen and oxygen atoms in total. The van der Waals surface area contributed by atoms with Gasteiger partial charge in [0.25, 0.3) is 0 Å². The van der Waals surface area contributed by atoms with E-state index < -0.39 is 0 Å². The summed E-state index contributed by atoms with van der Waals surface area (Å²) in [4.78, 5) is 2.46. The molecule has 1 unspecified atom stereocenters. The number of nitrogens with zero attached hydrogens (tertiary/aromatic N) is 3. The van der Waals surface area contributed by atoms with Crippen LogP contribution >= 0.6 is 12.4 Å². The number of halogens is 1. The zero-order chi connectivity index (χ0) is 12.5. The van der Waals surface area contributed by atoms with Gasteiger partial charge in [0, 0.05) is 25.3 Å². The van der Waals surface area contributed by atoms with Crippen molar-refractivity contribution < 1.29 is 0 Å². The van der Waals surface area contributed by atoms with Gasteiger partial charge in [-0.1, -0.05) is 6.92 Å². The van der Waals surface area contributed by atoms with Crippen LogP contribution in [-0.2, 0) is 6.54 Å². The van der Waals surface area contributed by atoms with Gasteiger partial charge in [-0.15, -0.1) is 12.4 Å². The Hall–Kier alpha value is -0.580. The van der Waals surface area contributed by atoms with Crippen LogP contribution in [0.2, 0.25) is 0 Å². The van der Waals surface area contributed by atoms with Crippen molar-refractivity contribution in [3.05, 3.63) is 18.0 Å². The molecule has 0 bridgehead atoms. The van der Waals surface area contributed by atoms with Gasteiger partial charge < -0.3 is 5.73 Å². The molecule has 1 aliphatic heterocycles. The summed E-state index contributed by atoms with van der Waals surface area (Å²) in [5, 5.41) is 4.59. The molecule has 0 radical (unpaired) electrons. The molecular formula is C13H25ClN4. The van der Waals surface area contributed by atoms with Gasteiger partial charge in [0.05, 0.1) is 5.69 Å². The first-order valence-corrected chi connectivity index (χ1v) is 6.49. The molecule has 1 aromatic rings. The van der Waals surface area contributed by atoms with Gasteiger partial charge in [-0.2, -0.15) is 5.10 Å². The van der Waals surface area contributed by atoms with Crippen LogP contribution in [0.3, 0.4) is 0 Å². The molecule has 5 heteroatoms. The second-order valence-corrected chi connectivity index (χ2v) is 5.86. The summed E-state index contributed by atoms with van der Waals surface area (Å²) in [6.07, 6.45) is 3.27. The molecule has 0 aliphatic carbocycles. The Balaban J connectivity index is 0.00000162. The minimum Gasteiger partial charge on any atom is -0.330 e. The summed E-state index contributed by atoms with van der Waals surface area (Å²) in [7, 11) is 0. The molecule has 0 amide bonds. The van der Waals surface area contributed by atoms with Crippen molar-refractivity contribution in [2.45, 2.75) is 39.8 Å². The second-order valence-electron chi connectivity index (χ2n) is 5.86. The molecule has 2 N–H and O–H groups in total. The van der Waals surface area contributed by atoms with E-state index in [0.29, 0.717) is 11.5 Å². The van der Waals surface area contributed by atoms with E-state index in [2.05, 4.69) is 43.0 Å². The van der Waals surface area contributed by atoms with Gasteiger partial charge in [-0.25, -0.2) is 0 Å². The van der Waals surface area contributed by atoms with Crippen LogP contribution in [0.4, 0.5) is 0 Å². The quantitative estimate of drug-likeness (QED) is 0.913. The zero-order valence-corrected chi connectivity index (χ0v) is 12.4. The van der Waals surface area contributed by atoms with Crippen LogP contribution < -0.4 is 5.73 Å². The van der Waals surface area contributed by atoms with Crippen molar-refractivity contribution >= 4 is 12.4 Å². The molecule has 1 aliphatic rings. The fourth-order valence-corrected chi connectivity index (χ4v) is 2.41. The third-order valence-electron chi connectivity index (χ3n) is 3.71. The molecule has 1 atom stereocenters. The van der Waals surface area contributed by atoms with E-state index in [1.807, 2.05) is 4.68 Å². The number of likely N-dealkylation sites (tertiary alicyclic amines) is 1. The van der Waals surface area contributed by atoms with Gasteiger partial charge in [-0.3, -0.25) is 9.58 Å². The number of aromatic nitrogens is 2. The lowest BCUT2D eigenvalue weighted by atomic mass is 9.90. The summed E-state index contributed by atoms with van der Waals surface area (Å²) in [6, 6.07) is 2.56. The Morgan fingerprint density at radius 2 is 2.22 bits per heavy atom. The van der Waals surface area contributed by atoms with Crippen molar-refractivity contribution in [3.8, 4) is 0 Å². The van der Waals surface area contributed by atoms with E-state index in [4.69, 9.17) is 5.73 Å². The maximum atomic E-state index is 5.82. The van der Waals surface area contributed by atoms with Crippen LogP contribution in [0, 0.1) is 5.41 Å². The van der Waals surface area contributed by atoms with E-state index in [1.54, 1.807) is 0 Å². The Morgan fingerprint density at radius 3 is 2.72 bits per heavy atom. The number of nitrogens with two attached hydrogens (primary N) is 1. The summed E-state index contributed by atoms with van der Waals surface area (Å²) in [5.74, 6) is 0. The highest BCUT2D eigenvalue weighted by Crippen LogP contribution is 2.29. The van der Waals surface area contributed by atoms with Crippen molar-refractivity contribution in [1.82, 2.24) is 14.7 Å². The molecule has 1 saturated heterocycles. The van der Waals surface area contributed by atoms with Crippen LogP contribution in [0.15, 0.2) is 12.3 Å². The minimum atomic E-state index is 0. The maximum Gasteiger partial charge on any atom is 0.0764 e. The number of rotatable bonds is 4. The number of hydrogen-bond donors (Lipinski definition) is 1. The van der Waals surface area contributed by atoms with E-state index in [-0.39, 0.29) is 12.4 Å². The zero-order valence-electron chi connectivity index (χ0n) is 11.6. The van der Waals surface area contributed by atoms with Gasteiger partial charge in [-0.05, 0) is 44.8 Å². The lowest BCUT2D eigenvalue weighted by Crippen LogP contribution is -2.31. The smallest absolute Gasteiger partial charge is 0.0764 e. The molecule has 104 valence electrons. The fourth-order valence-electron chi connectivity index (χ4n) is 2.41. The lowest BCUT2D eigenvalue weighted by Gasteiger charge is -2.22. The largest absolute Gasteiger partial charge is 0.330 e. The fraction of sp³-hybridized carbons (Fsp3) is 0.769. The Morgan fingerprint density at radius 1 is 1.50 bits per heavy atom. The van der Waals surface area contributed by atoms with E-state index >= 15 is 0 Å². The highest BCUT2D eigenvalue weighted by atomic mass is 35.5. The first kappa shape index (κ1) is 15.5. The molecular weight excluding hydrogens is 248 g/mol. The van der Waals surface area contributed by atoms with Gasteiger partial charge in [0.1, 0.15) is 0 Å². The maximum absolute atomic E-state index is 5.82. The van der Waals surface area contributed by atoms with Gasteiger partial charge >= 0.3 is 0 Å². The molecule has 0 saturated carbocycles. The van der Waals surface area contributed by atoms with Gasteiger partial charge in [0.2, 0.25) is 0 Å². The monoisotopic (exact) mass is 272 g/mol. The predicted molar refractivity (Wildman–Crippen MR) is 76.9 cm³/mol.